The molecule has 0 unspecified atom stereocenters. The first-order chi connectivity index (χ1) is 8.50. The lowest BCUT2D eigenvalue weighted by atomic mass is 10.1. The van der Waals surface area contributed by atoms with Gasteiger partial charge in [0.2, 0.25) is 0 Å². The number of benzene rings is 1. The van der Waals surface area contributed by atoms with E-state index in [4.69, 9.17) is 22.7 Å². The Labute approximate surface area is 113 Å². The Hall–Kier alpha value is -1.00. The van der Waals surface area contributed by atoms with Crippen molar-refractivity contribution in [3.63, 3.8) is 0 Å². The normalized spacial score (nSPS) is 10.9. The number of ether oxygens (including phenoxy) is 1. The lowest BCUT2D eigenvalue weighted by molar-refractivity contribution is 0.114. The lowest BCUT2D eigenvalue weighted by Crippen LogP contribution is -2.13. The van der Waals surface area contributed by atoms with Gasteiger partial charge in [-0.25, -0.2) is 4.39 Å². The second-order valence-corrected chi connectivity index (χ2v) is 5.19. The zero-order valence-electron chi connectivity index (χ0n) is 10.9. The van der Waals surface area contributed by atoms with Gasteiger partial charge in [-0.05, 0) is 42.5 Å². The molecule has 2 N–H and O–H groups in total. The first-order valence-corrected chi connectivity index (χ1v) is 6.57. The van der Waals surface area contributed by atoms with Gasteiger partial charge >= 0.3 is 0 Å². The van der Waals surface area contributed by atoms with Crippen molar-refractivity contribution in [1.82, 2.24) is 0 Å². The molecule has 4 heteroatoms. The summed E-state index contributed by atoms with van der Waals surface area (Å²) >= 11 is 4.93. The average molecular weight is 269 g/mol. The third kappa shape index (κ3) is 5.10. The summed E-state index contributed by atoms with van der Waals surface area (Å²) in [4.78, 5) is 0.274. The highest BCUT2D eigenvalue weighted by Gasteiger charge is 2.07. The Kier molecular flexibility index (Phi) is 6.22. The van der Waals surface area contributed by atoms with Gasteiger partial charge in [0.1, 0.15) is 10.8 Å². The maximum absolute atomic E-state index is 13.2. The van der Waals surface area contributed by atoms with Crippen molar-refractivity contribution < 1.29 is 9.13 Å². The van der Waals surface area contributed by atoms with Crippen LogP contribution >= 0.6 is 12.2 Å². The topological polar surface area (TPSA) is 35.2 Å². The molecule has 0 spiro atoms. The van der Waals surface area contributed by atoms with Gasteiger partial charge < -0.3 is 10.5 Å². The summed E-state index contributed by atoms with van der Waals surface area (Å²) in [6, 6.07) is 4.39. The summed E-state index contributed by atoms with van der Waals surface area (Å²) in [6.45, 7) is 5.38. The molecule has 0 saturated heterocycles. The molecule has 0 bridgehead atoms. The van der Waals surface area contributed by atoms with Gasteiger partial charge in [-0.15, -0.1) is 0 Å². The Morgan fingerprint density at radius 3 is 2.78 bits per heavy atom. The second-order valence-electron chi connectivity index (χ2n) is 4.75. The van der Waals surface area contributed by atoms with Crippen LogP contribution < -0.4 is 5.73 Å². The van der Waals surface area contributed by atoms with E-state index in [0.717, 1.165) is 12.8 Å². The van der Waals surface area contributed by atoms with Gasteiger partial charge in [-0.1, -0.05) is 26.1 Å². The van der Waals surface area contributed by atoms with Crippen molar-refractivity contribution in [2.45, 2.75) is 33.3 Å². The Balaban J connectivity index is 2.50. The fourth-order valence-electron chi connectivity index (χ4n) is 1.70. The summed E-state index contributed by atoms with van der Waals surface area (Å²) in [5.74, 6) is 0.380. The fraction of sp³-hybridized carbons (Fsp3) is 0.500. The molecule has 0 aliphatic heterocycles. The molecule has 0 fully saturated rings. The van der Waals surface area contributed by atoms with Gasteiger partial charge in [0.05, 0.1) is 6.61 Å². The third-order valence-electron chi connectivity index (χ3n) is 2.66. The van der Waals surface area contributed by atoms with Crippen LogP contribution in [0.4, 0.5) is 4.39 Å². The van der Waals surface area contributed by atoms with Crippen LogP contribution in [0.3, 0.4) is 0 Å². The molecule has 0 radical (unpaired) electrons. The Morgan fingerprint density at radius 2 is 2.17 bits per heavy atom. The van der Waals surface area contributed by atoms with Crippen LogP contribution in [0.5, 0.6) is 0 Å². The molecule has 0 aliphatic rings. The number of hydrogen-bond donors (Lipinski definition) is 1. The lowest BCUT2D eigenvalue weighted by Gasteiger charge is -2.10. The quantitative estimate of drug-likeness (QED) is 0.608. The van der Waals surface area contributed by atoms with Gasteiger partial charge in [0.15, 0.2) is 0 Å². The van der Waals surface area contributed by atoms with Crippen molar-refractivity contribution in [2.75, 3.05) is 6.61 Å². The SMILES string of the molecule is CC(C)CCCOCc1cc(F)ccc1C(N)=S. The molecular weight excluding hydrogens is 249 g/mol. The molecule has 2 nitrogen and oxygen atoms in total. The minimum absolute atomic E-state index is 0.274. The highest BCUT2D eigenvalue weighted by atomic mass is 32.1. The van der Waals surface area contributed by atoms with E-state index in [1.54, 1.807) is 6.07 Å². The van der Waals surface area contributed by atoms with Crippen LogP contribution in [0, 0.1) is 11.7 Å². The minimum atomic E-state index is -0.296. The summed E-state index contributed by atoms with van der Waals surface area (Å²) in [5, 5.41) is 0. The van der Waals surface area contributed by atoms with Crippen LogP contribution in [0.2, 0.25) is 0 Å². The van der Waals surface area contributed by atoms with E-state index in [1.165, 1.54) is 12.1 Å². The Bertz CT molecular complexity index is 407. The van der Waals surface area contributed by atoms with Crippen LogP contribution in [-0.2, 0) is 11.3 Å². The summed E-state index contributed by atoms with van der Waals surface area (Å²) in [7, 11) is 0. The fourth-order valence-corrected chi connectivity index (χ4v) is 1.90. The van der Waals surface area contributed by atoms with Gasteiger partial charge in [0.25, 0.3) is 0 Å². The van der Waals surface area contributed by atoms with Gasteiger partial charge in [-0.3, -0.25) is 0 Å². The molecule has 1 rings (SSSR count). The second kappa shape index (κ2) is 7.44. The smallest absolute Gasteiger partial charge is 0.123 e. The highest BCUT2D eigenvalue weighted by Crippen LogP contribution is 2.13. The zero-order chi connectivity index (χ0) is 13.5. The van der Waals surface area contributed by atoms with Gasteiger partial charge in [-0.2, -0.15) is 0 Å². The maximum atomic E-state index is 13.2. The van der Waals surface area contributed by atoms with E-state index in [9.17, 15) is 4.39 Å². The number of halogens is 1. The molecule has 0 aromatic heterocycles. The van der Waals surface area contributed by atoms with E-state index in [2.05, 4.69) is 13.8 Å². The molecule has 0 saturated carbocycles. The number of nitrogens with two attached hydrogens (primary N) is 1. The molecule has 0 heterocycles. The van der Waals surface area contributed by atoms with Crippen molar-refractivity contribution in [2.24, 2.45) is 11.7 Å². The predicted octanol–water partition coefficient (Wildman–Crippen LogP) is 3.41. The molecular formula is C14H20FNOS. The van der Waals surface area contributed by atoms with E-state index in [1.807, 2.05) is 0 Å². The van der Waals surface area contributed by atoms with E-state index in [0.29, 0.717) is 30.3 Å². The minimum Gasteiger partial charge on any atom is -0.389 e. The van der Waals surface area contributed by atoms with E-state index in [-0.39, 0.29) is 10.8 Å². The first kappa shape index (κ1) is 15.1. The summed E-state index contributed by atoms with van der Waals surface area (Å²) < 4.78 is 18.7. The van der Waals surface area contributed by atoms with Gasteiger partial charge in [0, 0.05) is 12.2 Å². The monoisotopic (exact) mass is 269 g/mol. The van der Waals surface area contributed by atoms with E-state index >= 15 is 0 Å². The summed E-state index contributed by atoms with van der Waals surface area (Å²) in [6.07, 6.45) is 2.14. The van der Waals surface area contributed by atoms with Crippen molar-refractivity contribution in [3.8, 4) is 0 Å². The zero-order valence-corrected chi connectivity index (χ0v) is 11.7. The first-order valence-electron chi connectivity index (χ1n) is 6.16. The van der Waals surface area contributed by atoms with Crippen molar-refractivity contribution >= 4 is 17.2 Å². The third-order valence-corrected chi connectivity index (χ3v) is 2.88. The van der Waals surface area contributed by atoms with E-state index < -0.39 is 0 Å². The molecule has 18 heavy (non-hydrogen) atoms. The van der Waals surface area contributed by atoms with Crippen LogP contribution in [0.25, 0.3) is 0 Å². The molecule has 100 valence electrons. The predicted molar refractivity (Wildman–Crippen MR) is 76.0 cm³/mol. The van der Waals surface area contributed by atoms with Crippen molar-refractivity contribution in [3.05, 3.63) is 35.1 Å². The number of thiocarbonyl (C=S) groups is 1. The van der Waals surface area contributed by atoms with Crippen molar-refractivity contribution in [1.29, 1.82) is 0 Å². The molecule has 0 amide bonds. The summed E-state index contributed by atoms with van der Waals surface area (Å²) in [5.41, 5.74) is 6.99. The molecule has 1 aromatic carbocycles. The highest BCUT2D eigenvalue weighted by molar-refractivity contribution is 7.80. The standard InChI is InChI=1S/C14H20FNOS/c1-10(2)4-3-7-17-9-11-8-12(15)5-6-13(11)14(16)18/h5-6,8,10H,3-4,7,9H2,1-2H3,(H2,16,18). The van der Waals surface area contributed by atoms with Crippen LogP contribution in [0.1, 0.15) is 37.8 Å². The number of hydrogen-bond acceptors (Lipinski definition) is 2. The number of rotatable bonds is 7. The van der Waals surface area contributed by atoms with Crippen LogP contribution in [-0.4, -0.2) is 11.6 Å². The Morgan fingerprint density at radius 1 is 1.44 bits per heavy atom. The largest absolute Gasteiger partial charge is 0.389 e. The average Bonchev–Trinajstić information content (AvgIpc) is 2.27. The maximum Gasteiger partial charge on any atom is 0.123 e. The molecule has 0 atom stereocenters. The molecule has 0 aliphatic carbocycles. The molecule has 1 aromatic rings. The van der Waals surface area contributed by atoms with Crippen LogP contribution in [0.15, 0.2) is 18.2 Å².